The van der Waals surface area contributed by atoms with Crippen LogP contribution in [0, 0.1) is 0 Å². The molecule has 1 heterocycles. The van der Waals surface area contributed by atoms with Crippen LogP contribution in [0.1, 0.15) is 19.8 Å². The molecule has 1 atom stereocenters. The highest BCUT2D eigenvalue weighted by Crippen LogP contribution is 2.22. The molecule has 2 rings (SSSR count). The number of carbonyl (C=O) groups is 1. The van der Waals surface area contributed by atoms with E-state index in [2.05, 4.69) is 5.32 Å². The fourth-order valence-electron chi connectivity index (χ4n) is 2.51. The normalized spacial score (nSPS) is 19.1. The van der Waals surface area contributed by atoms with Crippen molar-refractivity contribution in [3.8, 4) is 0 Å². The van der Waals surface area contributed by atoms with Gasteiger partial charge in [-0.1, -0.05) is 18.2 Å². The summed E-state index contributed by atoms with van der Waals surface area (Å²) in [5.41, 5.74) is 0. The first kappa shape index (κ1) is 14.8. The van der Waals surface area contributed by atoms with E-state index in [9.17, 15) is 13.2 Å². The zero-order chi connectivity index (χ0) is 14.6. The Morgan fingerprint density at radius 3 is 2.70 bits per heavy atom. The second kappa shape index (κ2) is 6.26. The van der Waals surface area contributed by atoms with Gasteiger partial charge in [0.25, 0.3) is 0 Å². The summed E-state index contributed by atoms with van der Waals surface area (Å²) in [6, 6.07) is 8.01. The molecule has 0 bridgehead atoms. The molecule has 2 amide bonds. The summed E-state index contributed by atoms with van der Waals surface area (Å²) >= 11 is 0. The molecule has 1 saturated heterocycles. The number of carbonyl (C=O) groups excluding carboxylic acids is 1. The first-order chi connectivity index (χ1) is 9.54. The van der Waals surface area contributed by atoms with Crippen molar-refractivity contribution < 1.29 is 13.2 Å². The van der Waals surface area contributed by atoms with Gasteiger partial charge in [0, 0.05) is 19.1 Å². The van der Waals surface area contributed by atoms with Gasteiger partial charge in [0.15, 0.2) is 9.84 Å². The smallest absolute Gasteiger partial charge is 0.317 e. The van der Waals surface area contributed by atoms with Crippen molar-refractivity contribution in [1.82, 2.24) is 10.2 Å². The largest absolute Gasteiger partial charge is 0.338 e. The standard InChI is InChI=1S/C14H20N2O3S/c1-2-15-14(17)16-10-6-7-12(16)11-20(18,19)13-8-4-3-5-9-13/h3-5,8-9,12H,2,6-7,10-11H2,1H3,(H,15,17)/t12-/m1/s1. The van der Waals surface area contributed by atoms with Crippen LogP contribution in [0.3, 0.4) is 0 Å². The van der Waals surface area contributed by atoms with Crippen molar-refractivity contribution in [1.29, 1.82) is 0 Å². The van der Waals surface area contributed by atoms with Gasteiger partial charge in [0.05, 0.1) is 10.6 Å². The van der Waals surface area contributed by atoms with Crippen molar-refractivity contribution in [2.45, 2.75) is 30.7 Å². The number of rotatable bonds is 4. The molecule has 1 N–H and O–H groups in total. The van der Waals surface area contributed by atoms with Gasteiger partial charge in [0.1, 0.15) is 0 Å². The Labute approximate surface area is 119 Å². The van der Waals surface area contributed by atoms with Crippen LogP contribution in [0.15, 0.2) is 35.2 Å². The monoisotopic (exact) mass is 296 g/mol. The summed E-state index contributed by atoms with van der Waals surface area (Å²) in [7, 11) is -3.35. The summed E-state index contributed by atoms with van der Waals surface area (Å²) in [4.78, 5) is 13.9. The van der Waals surface area contributed by atoms with Gasteiger partial charge in [-0.2, -0.15) is 0 Å². The number of urea groups is 1. The Morgan fingerprint density at radius 1 is 1.35 bits per heavy atom. The Morgan fingerprint density at radius 2 is 2.05 bits per heavy atom. The van der Waals surface area contributed by atoms with Crippen molar-refractivity contribution in [3.63, 3.8) is 0 Å². The van der Waals surface area contributed by atoms with Crippen molar-refractivity contribution in [2.75, 3.05) is 18.8 Å². The molecular formula is C14H20N2O3S. The third kappa shape index (κ3) is 3.30. The predicted molar refractivity (Wildman–Crippen MR) is 77.3 cm³/mol. The molecule has 0 radical (unpaired) electrons. The number of benzene rings is 1. The highest BCUT2D eigenvalue weighted by atomic mass is 32.2. The number of hydrogen-bond acceptors (Lipinski definition) is 3. The van der Waals surface area contributed by atoms with Gasteiger partial charge in [0.2, 0.25) is 0 Å². The van der Waals surface area contributed by atoms with E-state index in [1.807, 2.05) is 6.92 Å². The summed E-state index contributed by atoms with van der Waals surface area (Å²) < 4.78 is 24.7. The summed E-state index contributed by atoms with van der Waals surface area (Å²) in [5, 5.41) is 2.74. The SMILES string of the molecule is CCNC(=O)N1CCC[C@@H]1CS(=O)(=O)c1ccccc1. The maximum Gasteiger partial charge on any atom is 0.317 e. The van der Waals surface area contributed by atoms with Crippen molar-refractivity contribution in [2.24, 2.45) is 0 Å². The molecule has 1 aromatic rings. The van der Waals surface area contributed by atoms with Crippen LogP contribution >= 0.6 is 0 Å². The lowest BCUT2D eigenvalue weighted by molar-refractivity contribution is 0.197. The van der Waals surface area contributed by atoms with Gasteiger partial charge >= 0.3 is 6.03 Å². The topological polar surface area (TPSA) is 66.5 Å². The minimum Gasteiger partial charge on any atom is -0.338 e. The predicted octanol–water partition coefficient (Wildman–Crippen LogP) is 1.65. The fourth-order valence-corrected chi connectivity index (χ4v) is 4.12. The van der Waals surface area contributed by atoms with E-state index in [0.717, 1.165) is 12.8 Å². The highest BCUT2D eigenvalue weighted by Gasteiger charge is 2.32. The quantitative estimate of drug-likeness (QED) is 0.919. The Hall–Kier alpha value is -1.56. The van der Waals surface area contributed by atoms with E-state index >= 15 is 0 Å². The first-order valence-corrected chi connectivity index (χ1v) is 8.52. The van der Waals surface area contributed by atoms with Crippen LogP contribution in [0.5, 0.6) is 0 Å². The van der Waals surface area contributed by atoms with Crippen molar-refractivity contribution in [3.05, 3.63) is 30.3 Å². The number of hydrogen-bond donors (Lipinski definition) is 1. The summed E-state index contributed by atoms with van der Waals surface area (Å²) in [5.74, 6) is -0.00581. The molecule has 5 nitrogen and oxygen atoms in total. The van der Waals surface area contributed by atoms with E-state index in [4.69, 9.17) is 0 Å². The number of nitrogens with one attached hydrogen (secondary N) is 1. The molecule has 1 aliphatic heterocycles. The minimum absolute atomic E-state index is 0.00581. The van der Waals surface area contributed by atoms with Crippen LogP contribution in [0.4, 0.5) is 4.79 Å². The van der Waals surface area contributed by atoms with E-state index in [-0.39, 0.29) is 17.8 Å². The van der Waals surface area contributed by atoms with Crippen molar-refractivity contribution >= 4 is 15.9 Å². The van der Waals surface area contributed by atoms with Crippen LogP contribution in [-0.2, 0) is 9.84 Å². The molecule has 0 aliphatic carbocycles. The molecule has 20 heavy (non-hydrogen) atoms. The van der Waals surface area contributed by atoms with Gasteiger partial charge in [-0.05, 0) is 31.9 Å². The average molecular weight is 296 g/mol. The zero-order valence-corrected chi connectivity index (χ0v) is 12.4. The number of amides is 2. The highest BCUT2D eigenvalue weighted by molar-refractivity contribution is 7.91. The van der Waals surface area contributed by atoms with Crippen LogP contribution in [-0.4, -0.2) is 44.2 Å². The Balaban J connectivity index is 2.11. The van der Waals surface area contributed by atoms with Gasteiger partial charge < -0.3 is 10.2 Å². The molecule has 6 heteroatoms. The lowest BCUT2D eigenvalue weighted by Gasteiger charge is -2.24. The molecule has 110 valence electrons. The second-order valence-electron chi connectivity index (χ2n) is 4.92. The summed E-state index contributed by atoms with van der Waals surface area (Å²) in [6.45, 7) is 3.03. The molecule has 1 fully saturated rings. The summed E-state index contributed by atoms with van der Waals surface area (Å²) in [6.07, 6.45) is 1.59. The van der Waals surface area contributed by atoms with Gasteiger partial charge in [-0.15, -0.1) is 0 Å². The fraction of sp³-hybridized carbons (Fsp3) is 0.500. The molecule has 1 aromatic carbocycles. The maximum atomic E-state index is 12.4. The molecule has 0 unspecified atom stereocenters. The first-order valence-electron chi connectivity index (χ1n) is 6.87. The molecular weight excluding hydrogens is 276 g/mol. The maximum absolute atomic E-state index is 12.4. The molecule has 0 aromatic heterocycles. The van der Waals surface area contributed by atoms with Crippen LogP contribution in [0.25, 0.3) is 0 Å². The third-order valence-corrected chi connectivity index (χ3v) is 5.29. The minimum atomic E-state index is -3.35. The third-order valence-electron chi connectivity index (χ3n) is 3.48. The van der Waals surface area contributed by atoms with E-state index in [1.165, 1.54) is 0 Å². The Kier molecular flexibility index (Phi) is 4.65. The van der Waals surface area contributed by atoms with Gasteiger partial charge in [-0.25, -0.2) is 13.2 Å². The molecule has 0 saturated carbocycles. The molecule has 1 aliphatic rings. The lowest BCUT2D eigenvalue weighted by Crippen LogP contribution is -2.45. The second-order valence-corrected chi connectivity index (χ2v) is 6.95. The zero-order valence-electron chi connectivity index (χ0n) is 11.6. The average Bonchev–Trinajstić information content (AvgIpc) is 2.87. The number of sulfone groups is 1. The Bertz CT molecular complexity index is 557. The van der Waals surface area contributed by atoms with E-state index in [1.54, 1.807) is 35.2 Å². The number of likely N-dealkylation sites (tertiary alicyclic amines) is 1. The van der Waals surface area contributed by atoms with Crippen LogP contribution < -0.4 is 5.32 Å². The van der Waals surface area contributed by atoms with Gasteiger partial charge in [-0.3, -0.25) is 0 Å². The lowest BCUT2D eigenvalue weighted by atomic mass is 10.2. The van der Waals surface area contributed by atoms with Crippen LogP contribution in [0.2, 0.25) is 0 Å². The molecule has 0 spiro atoms. The van der Waals surface area contributed by atoms with E-state index < -0.39 is 9.84 Å². The number of nitrogens with zero attached hydrogens (tertiary/aromatic N) is 1. The van der Waals surface area contributed by atoms with E-state index in [0.29, 0.717) is 18.0 Å².